The van der Waals surface area contributed by atoms with Gasteiger partial charge in [-0.05, 0) is 43.8 Å². The number of ether oxygens (including phenoxy) is 1. The van der Waals surface area contributed by atoms with Gasteiger partial charge in [0.2, 0.25) is 0 Å². The standard InChI is InChI=1S/C28H34F3N5O5S/c1-18-12-36(19(2)16-37)27(38)22-6-5-7-23(33-42(39,40)25-15-35(4)17-32-25)26(22)41-24(18)14-34(3)13-20-8-10-21(11-9-20)28(29,30)31/h5-11,15,17-19,24,33,37H,12-14,16H2,1-4H3/t18-,19+,24+/m1/s1. The number of anilines is 1. The van der Waals surface area contributed by atoms with E-state index < -0.39 is 39.8 Å². The van der Waals surface area contributed by atoms with Gasteiger partial charge in [-0.3, -0.25) is 14.4 Å². The smallest absolute Gasteiger partial charge is 0.416 e. The lowest BCUT2D eigenvalue weighted by Gasteiger charge is -2.38. The maximum atomic E-state index is 13.6. The number of aromatic nitrogens is 2. The molecule has 0 saturated heterocycles. The molecule has 0 aliphatic carbocycles. The molecule has 10 nitrogen and oxygen atoms in total. The van der Waals surface area contributed by atoms with E-state index in [9.17, 15) is 31.5 Å². The third kappa shape index (κ3) is 7.05. The van der Waals surface area contributed by atoms with E-state index in [1.54, 1.807) is 21.0 Å². The first-order chi connectivity index (χ1) is 19.7. The van der Waals surface area contributed by atoms with Gasteiger partial charge in [-0.2, -0.15) is 21.6 Å². The van der Waals surface area contributed by atoms with Crippen molar-refractivity contribution in [3.63, 3.8) is 0 Å². The number of hydrogen-bond donors (Lipinski definition) is 2. The molecule has 0 saturated carbocycles. The number of imidazole rings is 1. The van der Waals surface area contributed by atoms with Crippen LogP contribution in [0.25, 0.3) is 0 Å². The number of rotatable bonds is 9. The number of aliphatic hydroxyl groups excluding tert-OH is 1. The van der Waals surface area contributed by atoms with Gasteiger partial charge in [0, 0.05) is 38.8 Å². The monoisotopic (exact) mass is 609 g/mol. The van der Waals surface area contributed by atoms with Crippen LogP contribution in [0.15, 0.2) is 60.0 Å². The zero-order chi connectivity index (χ0) is 30.8. The first-order valence-electron chi connectivity index (χ1n) is 13.3. The quantitative estimate of drug-likeness (QED) is 0.381. The van der Waals surface area contributed by atoms with E-state index in [4.69, 9.17) is 4.74 Å². The number of nitrogens with one attached hydrogen (secondary N) is 1. The van der Waals surface area contributed by atoms with E-state index >= 15 is 0 Å². The van der Waals surface area contributed by atoms with Gasteiger partial charge in [0.1, 0.15) is 6.10 Å². The van der Waals surface area contributed by atoms with Crippen molar-refractivity contribution in [1.82, 2.24) is 19.4 Å². The van der Waals surface area contributed by atoms with Crippen molar-refractivity contribution in [2.45, 2.75) is 43.7 Å². The summed E-state index contributed by atoms with van der Waals surface area (Å²) >= 11 is 0. The number of hydrogen-bond acceptors (Lipinski definition) is 7. The predicted molar refractivity (Wildman–Crippen MR) is 149 cm³/mol. The summed E-state index contributed by atoms with van der Waals surface area (Å²) in [4.78, 5) is 21.0. The SMILES string of the molecule is C[C@@H]1CN([C@@H](C)CO)C(=O)c2cccc(NS(=O)(=O)c3cn(C)cn3)c2O[C@H]1CN(C)Cc1ccc(C(F)(F)F)cc1. The first-order valence-corrected chi connectivity index (χ1v) is 14.7. The molecule has 2 N–H and O–H groups in total. The summed E-state index contributed by atoms with van der Waals surface area (Å²) in [6, 6.07) is 8.95. The summed E-state index contributed by atoms with van der Waals surface area (Å²) in [6.45, 7) is 4.19. The Morgan fingerprint density at radius 3 is 2.50 bits per heavy atom. The number of nitrogens with zero attached hydrogens (tertiary/aromatic N) is 4. The lowest BCUT2D eigenvalue weighted by molar-refractivity contribution is -0.137. The van der Waals surface area contributed by atoms with Crippen LogP contribution in [0.1, 0.15) is 35.3 Å². The highest BCUT2D eigenvalue weighted by Crippen LogP contribution is 2.36. The molecule has 0 fully saturated rings. The first kappa shape index (κ1) is 31.3. The van der Waals surface area contributed by atoms with Crippen LogP contribution in [0.4, 0.5) is 18.9 Å². The summed E-state index contributed by atoms with van der Waals surface area (Å²) < 4.78 is 75.6. The number of alkyl halides is 3. The second-order valence-electron chi connectivity index (χ2n) is 10.7. The molecule has 1 amide bonds. The van der Waals surface area contributed by atoms with Gasteiger partial charge in [0.05, 0.1) is 35.8 Å². The fraction of sp³-hybridized carbons (Fsp3) is 0.429. The number of halogens is 3. The maximum absolute atomic E-state index is 13.6. The normalized spacial score (nSPS) is 18.7. The molecule has 0 unspecified atom stereocenters. The number of carbonyl (C=O) groups excluding carboxylic acids is 1. The van der Waals surface area contributed by atoms with Crippen LogP contribution in [0, 0.1) is 5.92 Å². The molecule has 4 rings (SSSR count). The minimum absolute atomic E-state index is 0.0385. The number of para-hydroxylation sites is 1. The second-order valence-corrected chi connectivity index (χ2v) is 12.3. The summed E-state index contributed by atoms with van der Waals surface area (Å²) in [5.41, 5.74) is 0.108. The topological polar surface area (TPSA) is 117 Å². The summed E-state index contributed by atoms with van der Waals surface area (Å²) in [7, 11) is -0.696. The molecule has 42 heavy (non-hydrogen) atoms. The van der Waals surface area contributed by atoms with Crippen molar-refractivity contribution in [1.29, 1.82) is 0 Å². The molecule has 1 aromatic heterocycles. The molecular formula is C28H34F3N5O5S. The van der Waals surface area contributed by atoms with Gasteiger partial charge in [-0.1, -0.05) is 25.1 Å². The Labute approximate surface area is 242 Å². The Hall–Kier alpha value is -3.62. The van der Waals surface area contributed by atoms with E-state index in [1.807, 2.05) is 11.8 Å². The Morgan fingerprint density at radius 2 is 1.90 bits per heavy atom. The average Bonchev–Trinajstić information content (AvgIpc) is 3.37. The van der Waals surface area contributed by atoms with Crippen LogP contribution in [-0.4, -0.2) is 77.7 Å². The van der Waals surface area contributed by atoms with Crippen molar-refractivity contribution in [2.75, 3.05) is 31.5 Å². The Balaban J connectivity index is 1.66. The minimum atomic E-state index is -4.43. The van der Waals surface area contributed by atoms with Gasteiger partial charge in [-0.25, -0.2) is 4.98 Å². The van der Waals surface area contributed by atoms with Crippen LogP contribution in [-0.2, 0) is 29.8 Å². The fourth-order valence-corrected chi connectivity index (χ4v) is 5.79. The zero-order valence-electron chi connectivity index (χ0n) is 23.7. The third-order valence-corrected chi connectivity index (χ3v) is 8.37. The molecule has 0 bridgehead atoms. The molecule has 0 radical (unpaired) electrons. The van der Waals surface area contributed by atoms with Crippen molar-refractivity contribution >= 4 is 21.6 Å². The van der Waals surface area contributed by atoms with Crippen molar-refractivity contribution in [2.24, 2.45) is 13.0 Å². The molecule has 228 valence electrons. The Kier molecular flexibility index (Phi) is 9.18. The number of likely N-dealkylation sites (N-methyl/N-ethyl adjacent to an activating group) is 1. The van der Waals surface area contributed by atoms with Crippen molar-refractivity contribution < 1.29 is 36.2 Å². The molecular weight excluding hydrogens is 575 g/mol. The molecule has 3 atom stereocenters. The van der Waals surface area contributed by atoms with Crippen LogP contribution in [0.5, 0.6) is 5.75 Å². The van der Waals surface area contributed by atoms with Crippen LogP contribution in [0.2, 0.25) is 0 Å². The average molecular weight is 610 g/mol. The van der Waals surface area contributed by atoms with Crippen molar-refractivity contribution in [3.05, 3.63) is 71.7 Å². The molecule has 1 aliphatic rings. The molecule has 0 spiro atoms. The molecule has 2 heterocycles. The van der Waals surface area contributed by atoms with Gasteiger partial charge < -0.3 is 19.3 Å². The fourth-order valence-electron chi connectivity index (χ4n) is 4.75. The van der Waals surface area contributed by atoms with E-state index in [2.05, 4.69) is 9.71 Å². The molecule has 14 heteroatoms. The van der Waals surface area contributed by atoms with Gasteiger partial charge in [0.25, 0.3) is 15.9 Å². The highest BCUT2D eigenvalue weighted by Gasteiger charge is 2.35. The number of aliphatic hydroxyl groups is 1. The van der Waals surface area contributed by atoms with E-state index in [1.165, 1.54) is 52.3 Å². The second kappa shape index (κ2) is 12.3. The van der Waals surface area contributed by atoms with Crippen LogP contribution < -0.4 is 9.46 Å². The van der Waals surface area contributed by atoms with E-state index in [0.717, 1.165) is 12.1 Å². The third-order valence-electron chi connectivity index (χ3n) is 7.12. The van der Waals surface area contributed by atoms with Crippen molar-refractivity contribution in [3.8, 4) is 5.75 Å². The highest BCUT2D eigenvalue weighted by molar-refractivity contribution is 7.92. The van der Waals surface area contributed by atoms with Gasteiger partial charge in [0.15, 0.2) is 10.8 Å². The minimum Gasteiger partial charge on any atom is -0.486 e. The van der Waals surface area contributed by atoms with Crippen LogP contribution in [0.3, 0.4) is 0 Å². The number of fused-ring (bicyclic) bond motifs is 1. The summed E-state index contributed by atoms with van der Waals surface area (Å²) in [5, 5.41) is 9.67. The van der Waals surface area contributed by atoms with E-state index in [-0.39, 0.29) is 41.1 Å². The largest absolute Gasteiger partial charge is 0.486 e. The Bertz CT molecular complexity index is 1510. The van der Waals surface area contributed by atoms with E-state index in [0.29, 0.717) is 18.7 Å². The zero-order valence-corrected chi connectivity index (χ0v) is 24.5. The number of carbonyl (C=O) groups is 1. The lowest BCUT2D eigenvalue weighted by Crippen LogP contribution is -2.49. The van der Waals surface area contributed by atoms with Gasteiger partial charge >= 0.3 is 6.18 Å². The highest BCUT2D eigenvalue weighted by atomic mass is 32.2. The van der Waals surface area contributed by atoms with Crippen LogP contribution >= 0.6 is 0 Å². The molecule has 1 aliphatic heterocycles. The predicted octanol–water partition coefficient (Wildman–Crippen LogP) is 3.59. The number of sulfonamides is 1. The number of benzene rings is 2. The lowest BCUT2D eigenvalue weighted by atomic mass is 9.99. The molecule has 3 aromatic rings. The Morgan fingerprint density at radius 1 is 1.21 bits per heavy atom. The maximum Gasteiger partial charge on any atom is 0.416 e. The van der Waals surface area contributed by atoms with Gasteiger partial charge in [-0.15, -0.1) is 0 Å². The molecule has 2 aromatic carbocycles. The summed E-state index contributed by atoms with van der Waals surface area (Å²) in [5.74, 6) is -0.655. The number of amides is 1. The number of aryl methyl sites for hydroxylation is 1. The summed E-state index contributed by atoms with van der Waals surface area (Å²) in [6.07, 6.45) is -2.30.